The standard InChI is InChI=1S/C67H84O39/c1-28-44(77)48(81)51(84)62(92-28)94-36-18-12-33(13-19-36)15-21-43(76)99-56-41(26-90-30(3)72)98-66(104-67(27-91-42(75)20-14-32-10-16-35(74)17-11-32)60(47(80)39(24-70)103-67)102-61(88)34-8-6-5-7-9-34)59(101-64-53(86)50(83)46(79)38(23-69)96-64)58(56)105-106-65-54(87)57(55(93-31(4)73)40(97-65)25-89-29(2)71)100-63-52(85)49(82)45(78)37(22-68)95-63/h5-21,28,37-41,44-60,62-66,68-70,74,77-87H,22-27H2,1-4H3/t28-,37-,38-,39+,40-,41-,44+,45-,46-,47+,48-,49+,50+,51+,52-,53-,54-,55-,56-,57-,58+,59-,60-,62-,63+,64+,65+,66-,67+/m0/s1. The molecule has 0 radical (unpaired) electrons. The third-order valence-electron chi connectivity index (χ3n) is 17.5. The maximum atomic E-state index is 14.6. The van der Waals surface area contributed by atoms with Gasteiger partial charge in [0.1, 0.15) is 141 Å². The number of carbonyl (C=O) groups is 6. The fourth-order valence-corrected chi connectivity index (χ4v) is 11.8. The predicted octanol–water partition coefficient (Wildman–Crippen LogP) is -5.97. The molecule has 0 aliphatic carbocycles. The first kappa shape index (κ1) is 82.6. The number of hydrogen-bond acceptors (Lipinski definition) is 39. The molecule has 106 heavy (non-hydrogen) atoms. The molecule has 0 saturated carbocycles. The second-order valence-electron chi connectivity index (χ2n) is 25.1. The molecule has 9 rings (SSSR count). The van der Waals surface area contributed by atoms with Gasteiger partial charge < -0.3 is 152 Å². The van der Waals surface area contributed by atoms with E-state index < -0.39 is 253 Å². The van der Waals surface area contributed by atoms with Gasteiger partial charge in [-0.15, -0.1) is 0 Å². The molecular weight excluding hydrogens is 1430 g/mol. The van der Waals surface area contributed by atoms with Crippen molar-refractivity contribution in [1.82, 2.24) is 0 Å². The van der Waals surface area contributed by atoms with Crippen molar-refractivity contribution in [3.8, 4) is 11.5 Å². The number of rotatable bonds is 28. The number of aromatic hydroxyl groups is 1. The van der Waals surface area contributed by atoms with Gasteiger partial charge in [0.2, 0.25) is 18.4 Å². The second-order valence-corrected chi connectivity index (χ2v) is 25.1. The number of ether oxygens (including phenoxy) is 16. The molecule has 0 unspecified atom stereocenters. The number of hydrogen-bond donors (Lipinski definition) is 15. The Morgan fingerprint density at radius 3 is 1.49 bits per heavy atom. The summed E-state index contributed by atoms with van der Waals surface area (Å²) in [5.41, 5.74) is 0.377. The first-order valence-electron chi connectivity index (χ1n) is 33.0. The Kier molecular flexibility index (Phi) is 28.9. The van der Waals surface area contributed by atoms with E-state index in [-0.39, 0.29) is 22.6 Å². The van der Waals surface area contributed by atoms with Crippen molar-refractivity contribution >= 4 is 48.0 Å². The smallest absolute Gasteiger partial charge is 0.338 e. The first-order valence-corrected chi connectivity index (χ1v) is 33.0. The van der Waals surface area contributed by atoms with Crippen LogP contribution in [0.2, 0.25) is 0 Å². The molecule has 39 heteroatoms. The Morgan fingerprint density at radius 2 is 0.943 bits per heavy atom. The SMILES string of the molecule is CC(=O)OC[C@@H]1O[C@@H](O[C@@]2(COC(=O)C=Cc3ccc(O)cc3)O[C@H](CO)[C@@H](O)[C@@H]2OC(=O)c2ccccc2)[C@@H](O[C@H]2O[C@@H](CO)[C@H](O)[C@@H](O)[C@@H]2O)[C@H](OO[C@H]2O[C@@H](COC(C)=O)[C@H](OC(C)=O)[C@@H](O[C@H]3O[C@@H](CO)[C@H](O)[C@@H](O)[C@@H]3O)[C@@H]2O)[C@H]1OC(=O)C=Cc1ccc(O[C@@H]2O[C@@H](C)[C@@H](O)[C@H](O)[C@H]2O)cc1. The Labute approximate surface area is 601 Å². The molecule has 3 aromatic carbocycles. The monoisotopic (exact) mass is 1510 g/mol. The first-order chi connectivity index (χ1) is 50.4. The average Bonchev–Trinajstić information content (AvgIpc) is 1.45. The summed E-state index contributed by atoms with van der Waals surface area (Å²) in [6.07, 6.45) is -53.6. The van der Waals surface area contributed by atoms with Crippen LogP contribution in [0.1, 0.15) is 49.2 Å². The van der Waals surface area contributed by atoms with E-state index in [0.717, 1.165) is 39.0 Å². The van der Waals surface area contributed by atoms with Gasteiger partial charge in [-0.1, -0.05) is 42.5 Å². The van der Waals surface area contributed by atoms with E-state index in [1.165, 1.54) is 91.9 Å². The summed E-state index contributed by atoms with van der Waals surface area (Å²) in [5, 5.41) is 163. The molecule has 6 aliphatic rings. The highest BCUT2D eigenvalue weighted by molar-refractivity contribution is 5.90. The fraction of sp³-hybridized carbons (Fsp3) is 0.582. The lowest BCUT2D eigenvalue weighted by molar-refractivity contribution is -0.482. The Hall–Kier alpha value is -7.44. The van der Waals surface area contributed by atoms with Gasteiger partial charge in [0, 0.05) is 32.9 Å². The van der Waals surface area contributed by atoms with Crippen LogP contribution in [0.3, 0.4) is 0 Å². The van der Waals surface area contributed by atoms with E-state index in [0.29, 0.717) is 5.56 Å². The quantitative estimate of drug-likeness (QED) is 0.0106. The van der Waals surface area contributed by atoms with Crippen molar-refractivity contribution in [2.45, 2.75) is 205 Å². The molecule has 6 heterocycles. The summed E-state index contributed by atoms with van der Waals surface area (Å²) in [6, 6.07) is 17.9. The van der Waals surface area contributed by atoms with Crippen LogP contribution in [0.15, 0.2) is 91.0 Å². The third kappa shape index (κ3) is 20.1. The summed E-state index contributed by atoms with van der Waals surface area (Å²) in [5.74, 6) is -10.1. The zero-order chi connectivity index (χ0) is 77.0. The Balaban J connectivity index is 1.17. The second kappa shape index (κ2) is 37.1. The molecule has 0 bridgehead atoms. The van der Waals surface area contributed by atoms with Gasteiger partial charge in [-0.3, -0.25) is 14.4 Å². The molecule has 3 aromatic rings. The molecule has 0 aromatic heterocycles. The van der Waals surface area contributed by atoms with Crippen LogP contribution in [0.5, 0.6) is 11.5 Å². The van der Waals surface area contributed by atoms with Crippen LogP contribution in [0, 0.1) is 0 Å². The topological polar surface area (TPSA) is 572 Å². The number of benzene rings is 3. The van der Waals surface area contributed by atoms with Gasteiger partial charge in [0.25, 0.3) is 0 Å². The minimum atomic E-state index is -3.05. The van der Waals surface area contributed by atoms with Crippen LogP contribution < -0.4 is 4.74 Å². The maximum Gasteiger partial charge on any atom is 0.338 e. The summed E-state index contributed by atoms with van der Waals surface area (Å²) in [6.45, 7) is -2.35. The summed E-state index contributed by atoms with van der Waals surface area (Å²) >= 11 is 0. The Morgan fingerprint density at radius 1 is 0.443 bits per heavy atom. The molecule has 0 spiro atoms. The number of phenols is 1. The van der Waals surface area contributed by atoms with Crippen LogP contribution in [0.4, 0.5) is 0 Å². The zero-order valence-electron chi connectivity index (χ0n) is 56.7. The van der Waals surface area contributed by atoms with Crippen LogP contribution in [-0.4, -0.2) is 330 Å². The summed E-state index contributed by atoms with van der Waals surface area (Å²) in [4.78, 5) is 93.0. The van der Waals surface area contributed by atoms with Crippen LogP contribution in [0.25, 0.3) is 12.2 Å². The van der Waals surface area contributed by atoms with Crippen molar-refractivity contribution in [2.75, 3.05) is 39.6 Å². The van der Waals surface area contributed by atoms with E-state index in [1.54, 1.807) is 0 Å². The zero-order valence-corrected chi connectivity index (χ0v) is 56.7. The summed E-state index contributed by atoms with van der Waals surface area (Å²) in [7, 11) is 0. The van der Waals surface area contributed by atoms with E-state index in [2.05, 4.69) is 0 Å². The van der Waals surface area contributed by atoms with Crippen LogP contribution >= 0.6 is 0 Å². The molecule has 6 saturated heterocycles. The van der Waals surface area contributed by atoms with E-state index >= 15 is 0 Å². The van der Waals surface area contributed by atoms with Crippen molar-refractivity contribution in [3.05, 3.63) is 108 Å². The lowest BCUT2D eigenvalue weighted by Crippen LogP contribution is -2.68. The van der Waals surface area contributed by atoms with Crippen molar-refractivity contribution in [3.63, 3.8) is 0 Å². The summed E-state index contributed by atoms with van der Waals surface area (Å²) < 4.78 is 94.2. The highest BCUT2D eigenvalue weighted by Crippen LogP contribution is 2.43. The number of aliphatic hydroxyl groups is 14. The van der Waals surface area contributed by atoms with Gasteiger partial charge in [0.15, 0.2) is 43.3 Å². The maximum absolute atomic E-state index is 14.6. The lowest BCUT2D eigenvalue weighted by Gasteiger charge is -2.49. The molecule has 0 amide bonds. The van der Waals surface area contributed by atoms with E-state index in [9.17, 15) is 105 Å². The number of esters is 6. The Bertz CT molecular complexity index is 3430. The molecule has 39 nitrogen and oxygen atoms in total. The number of carbonyl (C=O) groups excluding carboxylic acids is 6. The van der Waals surface area contributed by atoms with Gasteiger partial charge in [0.05, 0.1) is 31.5 Å². The van der Waals surface area contributed by atoms with Gasteiger partial charge in [-0.05, 0) is 66.6 Å². The highest BCUT2D eigenvalue weighted by Gasteiger charge is 2.65. The van der Waals surface area contributed by atoms with Gasteiger partial charge >= 0.3 is 35.8 Å². The van der Waals surface area contributed by atoms with Gasteiger partial charge in [-0.2, -0.15) is 0 Å². The molecular formula is C67H84O39. The van der Waals surface area contributed by atoms with Gasteiger partial charge in [-0.25, -0.2) is 24.2 Å². The molecule has 29 atom stereocenters. The van der Waals surface area contributed by atoms with Crippen molar-refractivity contribution in [1.29, 1.82) is 0 Å². The third-order valence-corrected chi connectivity index (χ3v) is 17.5. The average molecular weight is 1510 g/mol. The molecule has 15 N–H and O–H groups in total. The minimum absolute atomic E-state index is 0.0559. The normalized spacial score (nSPS) is 37.6. The molecule has 6 aliphatic heterocycles. The van der Waals surface area contributed by atoms with Crippen molar-refractivity contribution in [2.24, 2.45) is 0 Å². The lowest BCUT2D eigenvalue weighted by atomic mass is 9.96. The largest absolute Gasteiger partial charge is 0.508 e. The van der Waals surface area contributed by atoms with E-state index in [1.807, 2.05) is 0 Å². The minimum Gasteiger partial charge on any atom is -0.508 e. The molecule has 6 fully saturated rings. The number of phenolic OH excluding ortho intramolecular Hbond substituents is 1. The van der Waals surface area contributed by atoms with Crippen molar-refractivity contribution < 1.29 is 191 Å². The van der Waals surface area contributed by atoms with Crippen LogP contribution in [-0.2, 0) is 105 Å². The predicted molar refractivity (Wildman–Crippen MR) is 339 cm³/mol. The molecule has 586 valence electrons. The number of aliphatic hydroxyl groups excluding tert-OH is 14. The highest BCUT2D eigenvalue weighted by atomic mass is 17.2. The fourth-order valence-electron chi connectivity index (χ4n) is 11.8. The van der Waals surface area contributed by atoms with E-state index in [4.69, 9.17) is 85.6 Å².